The molecule has 0 N–H and O–H groups in total. The molecule has 32 heavy (non-hydrogen) atoms. The molecule has 5 heteroatoms. The first kappa shape index (κ1) is 28.3. The predicted molar refractivity (Wildman–Crippen MR) is 135 cm³/mol. The van der Waals surface area contributed by atoms with E-state index in [1.165, 1.54) is 50.8 Å². The summed E-state index contributed by atoms with van der Waals surface area (Å²) in [5.74, 6) is 0.342. The summed E-state index contributed by atoms with van der Waals surface area (Å²) in [6.45, 7) is 19.6. The third kappa shape index (κ3) is 9.38. The summed E-state index contributed by atoms with van der Waals surface area (Å²) in [4.78, 5) is 15.6. The van der Waals surface area contributed by atoms with Gasteiger partial charge in [0.15, 0.2) is 0 Å². The number of likely N-dealkylation sites (tertiary alicyclic amines) is 2. The number of imidazole rings is 1. The molecule has 3 heterocycles. The second kappa shape index (κ2) is 15.1. The maximum absolute atomic E-state index is 11.1. The van der Waals surface area contributed by atoms with Gasteiger partial charge in [0, 0.05) is 37.3 Å². The molecule has 1 amide bonds. The van der Waals surface area contributed by atoms with E-state index in [0.29, 0.717) is 24.0 Å². The van der Waals surface area contributed by atoms with Crippen molar-refractivity contribution in [3.8, 4) is 0 Å². The minimum atomic E-state index is 0.342. The highest BCUT2D eigenvalue weighted by Crippen LogP contribution is 2.21. The average Bonchev–Trinajstić information content (AvgIpc) is 3.37. The Morgan fingerprint density at radius 1 is 0.875 bits per heavy atom. The van der Waals surface area contributed by atoms with Crippen LogP contribution in [-0.2, 0) is 11.8 Å². The second-order valence-electron chi connectivity index (χ2n) is 9.56. The molecule has 0 aromatic carbocycles. The van der Waals surface area contributed by atoms with E-state index in [1.807, 2.05) is 11.9 Å². The van der Waals surface area contributed by atoms with Crippen LogP contribution < -0.4 is 4.57 Å². The van der Waals surface area contributed by atoms with Gasteiger partial charge in [-0.2, -0.15) is 0 Å². The van der Waals surface area contributed by atoms with Crippen LogP contribution in [0.2, 0.25) is 0 Å². The molecule has 0 radical (unpaired) electrons. The largest absolute Gasteiger partial charge is 0.373 e. The van der Waals surface area contributed by atoms with Crippen molar-refractivity contribution in [1.29, 1.82) is 0 Å². The van der Waals surface area contributed by atoms with Crippen molar-refractivity contribution < 1.29 is 9.36 Å². The fourth-order valence-corrected chi connectivity index (χ4v) is 4.14. The lowest BCUT2D eigenvalue weighted by Crippen LogP contribution is -2.33. The van der Waals surface area contributed by atoms with Crippen molar-refractivity contribution in [3.63, 3.8) is 0 Å². The first-order valence-corrected chi connectivity index (χ1v) is 13.0. The van der Waals surface area contributed by atoms with Crippen LogP contribution in [0, 0.1) is 0 Å². The van der Waals surface area contributed by atoms with Crippen molar-refractivity contribution >= 4 is 5.91 Å². The molecule has 0 aliphatic carbocycles. The first-order chi connectivity index (χ1) is 15.2. The summed E-state index contributed by atoms with van der Waals surface area (Å²) in [5.41, 5.74) is 1.36. The fraction of sp³-hybridized carbons (Fsp3) is 0.778. The summed E-state index contributed by atoms with van der Waals surface area (Å²) in [6.07, 6.45) is 16.9. The van der Waals surface area contributed by atoms with Crippen molar-refractivity contribution in [3.05, 3.63) is 31.0 Å². The summed E-state index contributed by atoms with van der Waals surface area (Å²) >= 11 is 0. The number of rotatable bonds is 6. The highest BCUT2D eigenvalue weighted by atomic mass is 16.2. The van der Waals surface area contributed by atoms with Crippen LogP contribution in [0.4, 0.5) is 0 Å². The van der Waals surface area contributed by atoms with Gasteiger partial charge >= 0.3 is 0 Å². The third-order valence-corrected chi connectivity index (χ3v) is 7.02. The highest BCUT2D eigenvalue weighted by molar-refractivity contribution is 5.78. The number of aryl methyl sites for hydroxylation is 1. The molecule has 1 aromatic rings. The Balaban J connectivity index is 0.000000241. The Hall–Kier alpha value is -1.78. The van der Waals surface area contributed by atoms with Gasteiger partial charge in [0.2, 0.25) is 12.2 Å². The first-order valence-electron chi connectivity index (χ1n) is 13.0. The Kier molecular flexibility index (Phi) is 13.4. The quantitative estimate of drug-likeness (QED) is 0.511. The third-order valence-electron chi connectivity index (χ3n) is 7.02. The molecule has 0 bridgehead atoms. The van der Waals surface area contributed by atoms with Gasteiger partial charge in [-0.05, 0) is 65.7 Å². The molecule has 184 valence electrons. The molecule has 0 saturated carbocycles. The maximum Gasteiger partial charge on any atom is 0.243 e. The van der Waals surface area contributed by atoms with Crippen LogP contribution in [0.1, 0.15) is 105 Å². The zero-order chi connectivity index (χ0) is 24.1. The van der Waals surface area contributed by atoms with Gasteiger partial charge in [0.1, 0.15) is 12.4 Å². The highest BCUT2D eigenvalue weighted by Gasteiger charge is 2.23. The van der Waals surface area contributed by atoms with Gasteiger partial charge in [-0.15, -0.1) is 0 Å². The van der Waals surface area contributed by atoms with Crippen molar-refractivity contribution in [2.75, 3.05) is 13.1 Å². The van der Waals surface area contributed by atoms with Gasteiger partial charge in [-0.1, -0.05) is 33.8 Å². The Morgan fingerprint density at radius 3 is 1.97 bits per heavy atom. The minimum Gasteiger partial charge on any atom is -0.373 e. The standard InChI is InChI=1S/C11H21N.C8H15N2.C8H15NO/c1-4-10(2)12-9-7-5-6-8-11(12)3;1-4-8(2)10-6-5-9(3)7-10;1-3-7(2)9-6-4-5-8(9)10/h10H,3-9H2,1-2H3;5-8H,4H2,1-3H3;7H,3-6H2,1-2H3/q;+1;. The molecule has 3 atom stereocenters. The SMILES string of the molecule is C=C1CCCCCN1C(C)CC.CCC(C)N1CCCC1=O.CCC(C)n1cc[n+](C)c1. The zero-order valence-corrected chi connectivity index (χ0v) is 22.1. The molecule has 0 spiro atoms. The van der Waals surface area contributed by atoms with Crippen LogP contribution in [-0.4, -0.2) is 45.4 Å². The molecular formula is C27H51N4O+. The van der Waals surface area contributed by atoms with E-state index in [0.717, 1.165) is 25.8 Å². The molecule has 1 aromatic heterocycles. The normalized spacial score (nSPS) is 19.3. The summed E-state index contributed by atoms with van der Waals surface area (Å²) in [5, 5.41) is 0. The van der Waals surface area contributed by atoms with E-state index in [2.05, 4.69) is 80.9 Å². The Morgan fingerprint density at radius 2 is 1.47 bits per heavy atom. The number of carbonyl (C=O) groups excluding carboxylic acids is 1. The average molecular weight is 448 g/mol. The van der Waals surface area contributed by atoms with E-state index in [4.69, 9.17) is 0 Å². The molecular weight excluding hydrogens is 396 g/mol. The number of hydrogen-bond donors (Lipinski definition) is 0. The molecule has 5 nitrogen and oxygen atoms in total. The van der Waals surface area contributed by atoms with Crippen molar-refractivity contribution in [2.24, 2.45) is 7.05 Å². The van der Waals surface area contributed by atoms with Crippen LogP contribution in [0.3, 0.4) is 0 Å². The fourth-order valence-electron chi connectivity index (χ4n) is 4.14. The lowest BCUT2D eigenvalue weighted by Gasteiger charge is -2.30. The number of allylic oxidation sites excluding steroid dienone is 1. The van der Waals surface area contributed by atoms with Gasteiger partial charge < -0.3 is 9.80 Å². The maximum atomic E-state index is 11.1. The van der Waals surface area contributed by atoms with Gasteiger partial charge in [0.05, 0.1) is 13.1 Å². The van der Waals surface area contributed by atoms with Gasteiger partial charge in [-0.25, -0.2) is 9.13 Å². The van der Waals surface area contributed by atoms with Crippen molar-refractivity contribution in [1.82, 2.24) is 14.4 Å². The lowest BCUT2D eigenvalue weighted by molar-refractivity contribution is -0.671. The number of nitrogens with zero attached hydrogens (tertiary/aromatic N) is 4. The van der Waals surface area contributed by atoms with Crippen LogP contribution >= 0.6 is 0 Å². The second-order valence-corrected chi connectivity index (χ2v) is 9.56. The summed E-state index contributed by atoms with van der Waals surface area (Å²) in [6, 6.07) is 1.77. The summed E-state index contributed by atoms with van der Waals surface area (Å²) < 4.78 is 4.28. The number of carbonyl (C=O) groups is 1. The zero-order valence-electron chi connectivity index (χ0n) is 22.1. The predicted octanol–water partition coefficient (Wildman–Crippen LogP) is 5.87. The van der Waals surface area contributed by atoms with Crippen molar-refractivity contribution in [2.45, 2.75) is 117 Å². The Labute approximate surface area is 198 Å². The monoisotopic (exact) mass is 447 g/mol. The minimum absolute atomic E-state index is 0.342. The van der Waals surface area contributed by atoms with Crippen LogP contribution in [0.5, 0.6) is 0 Å². The summed E-state index contributed by atoms with van der Waals surface area (Å²) in [7, 11) is 2.04. The molecule has 2 aliphatic heterocycles. The molecule has 3 unspecified atom stereocenters. The number of hydrogen-bond acceptors (Lipinski definition) is 2. The smallest absolute Gasteiger partial charge is 0.243 e. The molecule has 2 aliphatic rings. The van der Waals surface area contributed by atoms with E-state index in [9.17, 15) is 4.79 Å². The van der Waals surface area contributed by atoms with E-state index in [-0.39, 0.29) is 0 Å². The van der Waals surface area contributed by atoms with E-state index < -0.39 is 0 Å². The topological polar surface area (TPSA) is 32.4 Å². The molecule has 3 rings (SSSR count). The number of aromatic nitrogens is 2. The Bertz CT molecular complexity index is 668. The van der Waals surface area contributed by atoms with Crippen LogP contribution in [0.25, 0.3) is 0 Å². The van der Waals surface area contributed by atoms with Gasteiger partial charge in [-0.3, -0.25) is 4.79 Å². The van der Waals surface area contributed by atoms with Gasteiger partial charge in [0.25, 0.3) is 0 Å². The van der Waals surface area contributed by atoms with E-state index in [1.54, 1.807) is 0 Å². The lowest BCUT2D eigenvalue weighted by atomic mass is 10.2. The molecule has 2 fully saturated rings. The molecule has 2 saturated heterocycles. The van der Waals surface area contributed by atoms with Crippen LogP contribution in [0.15, 0.2) is 31.0 Å². The number of amides is 1. The van der Waals surface area contributed by atoms with E-state index >= 15 is 0 Å².